The second-order valence-corrected chi connectivity index (χ2v) is 7.41. The lowest BCUT2D eigenvalue weighted by Crippen LogP contribution is -2.63. The number of anilines is 1. The molecule has 2 amide bonds. The molecular formula is C18H17N9O3. The summed E-state index contributed by atoms with van der Waals surface area (Å²) in [7, 11) is 0. The summed E-state index contributed by atoms with van der Waals surface area (Å²) in [4.78, 5) is 50.9. The molecule has 0 aromatic carbocycles. The smallest absolute Gasteiger partial charge is 0.257 e. The largest absolute Gasteiger partial charge is 0.368 e. The Hall–Kier alpha value is -4.09. The quantitative estimate of drug-likeness (QED) is 0.501. The van der Waals surface area contributed by atoms with E-state index in [-0.39, 0.29) is 29.0 Å². The lowest BCUT2D eigenvalue weighted by atomic mass is 9.85. The van der Waals surface area contributed by atoms with E-state index < -0.39 is 11.3 Å². The normalized spacial score (nSPS) is 18.7. The first kappa shape index (κ1) is 18.0. The van der Waals surface area contributed by atoms with Crippen LogP contribution in [0.2, 0.25) is 0 Å². The van der Waals surface area contributed by atoms with Gasteiger partial charge in [0.25, 0.3) is 11.8 Å². The molecule has 1 unspecified atom stereocenters. The van der Waals surface area contributed by atoms with E-state index in [1.165, 1.54) is 18.6 Å². The maximum absolute atomic E-state index is 12.7. The number of carbonyl (C=O) groups excluding carboxylic acids is 2. The highest BCUT2D eigenvalue weighted by atomic mass is 16.2. The van der Waals surface area contributed by atoms with Crippen molar-refractivity contribution in [3.8, 4) is 0 Å². The molecule has 5 heterocycles. The van der Waals surface area contributed by atoms with Crippen LogP contribution in [0.3, 0.4) is 0 Å². The molecule has 1 fully saturated rings. The van der Waals surface area contributed by atoms with Crippen LogP contribution in [0.5, 0.6) is 0 Å². The standard InChI is InChI=1S/C18H17N9O3/c19-17-21-4-10(5-22-17)16(30)26-8-18(9-26)3-12(14-20-1-2-27(14)18)25-15(29)11-6-23-24-7-13(11)28/h1-2,4-7,12H,3,8-9H2,(H,23,28)(H,25,29)(H2,19,21,22). The third-order valence-corrected chi connectivity index (χ3v) is 5.53. The number of fused-ring (bicyclic) bond motifs is 2. The van der Waals surface area contributed by atoms with E-state index in [2.05, 4.69) is 30.5 Å². The molecule has 1 spiro atoms. The number of nitrogens with one attached hydrogen (secondary N) is 2. The fourth-order valence-corrected chi connectivity index (χ4v) is 4.13. The molecule has 2 aliphatic heterocycles. The highest BCUT2D eigenvalue weighted by molar-refractivity contribution is 5.95. The second kappa shape index (κ2) is 6.47. The number of nitrogen functional groups attached to an aromatic ring is 1. The summed E-state index contributed by atoms with van der Waals surface area (Å²) in [5.74, 6) is 0.119. The molecule has 30 heavy (non-hydrogen) atoms. The number of nitrogens with zero attached hydrogens (tertiary/aromatic N) is 6. The van der Waals surface area contributed by atoms with Crippen LogP contribution >= 0.6 is 0 Å². The van der Waals surface area contributed by atoms with Crippen LogP contribution < -0.4 is 16.5 Å². The Morgan fingerprint density at radius 3 is 2.70 bits per heavy atom. The maximum Gasteiger partial charge on any atom is 0.257 e. The van der Waals surface area contributed by atoms with Gasteiger partial charge in [0.15, 0.2) is 0 Å². The van der Waals surface area contributed by atoms with Gasteiger partial charge in [0, 0.05) is 50.5 Å². The zero-order valence-electron chi connectivity index (χ0n) is 15.6. The van der Waals surface area contributed by atoms with Gasteiger partial charge in [0.1, 0.15) is 11.4 Å². The zero-order chi connectivity index (χ0) is 20.9. The number of carbonyl (C=O) groups is 2. The van der Waals surface area contributed by atoms with Crippen molar-refractivity contribution in [1.29, 1.82) is 0 Å². The number of aromatic amines is 1. The number of nitrogens with two attached hydrogens (primary N) is 1. The average Bonchev–Trinajstić information content (AvgIpc) is 3.30. The van der Waals surface area contributed by atoms with Crippen molar-refractivity contribution in [3.63, 3.8) is 0 Å². The second-order valence-electron chi connectivity index (χ2n) is 7.41. The van der Waals surface area contributed by atoms with Gasteiger partial charge >= 0.3 is 0 Å². The molecule has 3 aromatic heterocycles. The van der Waals surface area contributed by atoms with Crippen LogP contribution in [0.4, 0.5) is 5.95 Å². The summed E-state index contributed by atoms with van der Waals surface area (Å²) in [5.41, 5.74) is 5.00. The number of likely N-dealkylation sites (tertiary alicyclic amines) is 1. The van der Waals surface area contributed by atoms with E-state index in [4.69, 9.17) is 5.73 Å². The molecule has 0 saturated carbocycles. The molecule has 0 radical (unpaired) electrons. The Morgan fingerprint density at radius 2 is 1.97 bits per heavy atom. The molecule has 12 nitrogen and oxygen atoms in total. The van der Waals surface area contributed by atoms with Gasteiger partial charge in [-0.25, -0.2) is 15.0 Å². The van der Waals surface area contributed by atoms with Crippen LogP contribution in [0.25, 0.3) is 0 Å². The van der Waals surface area contributed by atoms with Crippen LogP contribution in [0, 0.1) is 0 Å². The van der Waals surface area contributed by atoms with E-state index in [0.29, 0.717) is 30.9 Å². The Labute approximate surface area is 169 Å². The van der Waals surface area contributed by atoms with Crippen molar-refractivity contribution < 1.29 is 9.59 Å². The number of imidazole rings is 1. The van der Waals surface area contributed by atoms with Crippen molar-refractivity contribution >= 4 is 17.8 Å². The van der Waals surface area contributed by atoms with E-state index in [1.807, 2.05) is 10.8 Å². The van der Waals surface area contributed by atoms with Crippen molar-refractivity contribution in [2.45, 2.75) is 18.0 Å². The number of rotatable bonds is 3. The SMILES string of the molecule is Nc1ncc(C(=O)N2CC3(CC(NC(=O)c4c[nH]ncc4=O)c4nccn43)C2)cn1. The van der Waals surface area contributed by atoms with E-state index in [0.717, 1.165) is 6.20 Å². The molecule has 12 heteroatoms. The topological polar surface area (TPSA) is 165 Å². The predicted octanol–water partition coefficient (Wildman–Crippen LogP) is -0.935. The molecule has 0 bridgehead atoms. The predicted molar refractivity (Wildman–Crippen MR) is 102 cm³/mol. The summed E-state index contributed by atoms with van der Waals surface area (Å²) in [6.07, 6.45) is 9.20. The van der Waals surface area contributed by atoms with Crippen LogP contribution in [0.15, 0.2) is 42.0 Å². The van der Waals surface area contributed by atoms with Gasteiger partial charge in [-0.05, 0) is 0 Å². The molecule has 1 atom stereocenters. The average molecular weight is 407 g/mol. The minimum absolute atomic E-state index is 0.0159. The summed E-state index contributed by atoms with van der Waals surface area (Å²) in [6.45, 7) is 0.920. The molecule has 0 aliphatic carbocycles. The third-order valence-electron chi connectivity index (χ3n) is 5.53. The molecule has 1 saturated heterocycles. The highest BCUT2D eigenvalue weighted by Gasteiger charge is 2.54. The van der Waals surface area contributed by atoms with Crippen LogP contribution in [-0.4, -0.2) is 59.5 Å². The monoisotopic (exact) mass is 407 g/mol. The summed E-state index contributed by atoms with van der Waals surface area (Å²) in [5, 5.41) is 8.98. The summed E-state index contributed by atoms with van der Waals surface area (Å²) in [6, 6.07) is -0.378. The zero-order valence-corrected chi connectivity index (χ0v) is 15.6. The number of hydrogen-bond donors (Lipinski definition) is 3. The van der Waals surface area contributed by atoms with Gasteiger partial charge in [0.05, 0.1) is 23.3 Å². The molecule has 5 rings (SSSR count). The highest BCUT2D eigenvalue weighted by Crippen LogP contribution is 2.44. The maximum atomic E-state index is 12.7. The molecule has 3 aromatic rings. The Morgan fingerprint density at radius 1 is 1.20 bits per heavy atom. The van der Waals surface area contributed by atoms with E-state index in [1.54, 1.807) is 11.1 Å². The molecule has 152 valence electrons. The van der Waals surface area contributed by atoms with Gasteiger partial charge in [-0.15, -0.1) is 0 Å². The Bertz CT molecular complexity index is 1190. The number of hydrogen-bond acceptors (Lipinski definition) is 8. The third kappa shape index (κ3) is 2.72. The van der Waals surface area contributed by atoms with Gasteiger partial charge in [0.2, 0.25) is 11.4 Å². The first-order valence-corrected chi connectivity index (χ1v) is 9.21. The van der Waals surface area contributed by atoms with Crippen molar-refractivity contribution in [3.05, 3.63) is 64.4 Å². The Kier molecular flexibility index (Phi) is 3.88. The molecule has 2 aliphatic rings. The fourth-order valence-electron chi connectivity index (χ4n) is 4.13. The van der Waals surface area contributed by atoms with Crippen molar-refractivity contribution in [1.82, 2.24) is 39.9 Å². The van der Waals surface area contributed by atoms with E-state index in [9.17, 15) is 14.4 Å². The minimum atomic E-state index is -0.499. The molecule has 4 N–H and O–H groups in total. The van der Waals surface area contributed by atoms with Gasteiger partial charge in [-0.2, -0.15) is 5.10 Å². The Balaban J connectivity index is 1.32. The van der Waals surface area contributed by atoms with Crippen LogP contribution in [-0.2, 0) is 5.54 Å². The first-order valence-electron chi connectivity index (χ1n) is 9.21. The van der Waals surface area contributed by atoms with Gasteiger partial charge < -0.3 is 20.5 Å². The summed E-state index contributed by atoms with van der Waals surface area (Å²) < 4.78 is 2.00. The number of aromatic nitrogens is 6. The van der Waals surface area contributed by atoms with Gasteiger partial charge in [-0.3, -0.25) is 19.5 Å². The van der Waals surface area contributed by atoms with Crippen molar-refractivity contribution in [2.24, 2.45) is 0 Å². The molecular weight excluding hydrogens is 390 g/mol. The lowest BCUT2D eigenvalue weighted by molar-refractivity contribution is 0.0138. The van der Waals surface area contributed by atoms with Gasteiger partial charge in [-0.1, -0.05) is 0 Å². The summed E-state index contributed by atoms with van der Waals surface area (Å²) >= 11 is 0. The van der Waals surface area contributed by atoms with Crippen LogP contribution in [0.1, 0.15) is 39.0 Å². The number of amides is 2. The fraction of sp³-hybridized carbons (Fsp3) is 0.278. The lowest BCUT2D eigenvalue weighted by Gasteiger charge is -2.49. The minimum Gasteiger partial charge on any atom is -0.368 e. The van der Waals surface area contributed by atoms with E-state index >= 15 is 0 Å². The van der Waals surface area contributed by atoms with Crippen molar-refractivity contribution in [2.75, 3.05) is 18.8 Å². The number of H-pyrrole nitrogens is 1. The first-order chi connectivity index (χ1) is 14.5.